The number of benzene rings is 10. The van der Waals surface area contributed by atoms with Gasteiger partial charge in [0.2, 0.25) is 0 Å². The third-order valence-corrected chi connectivity index (χ3v) is 12.7. The van der Waals surface area contributed by atoms with Crippen molar-refractivity contribution in [2.24, 2.45) is 0 Å². The number of furan rings is 3. The fourth-order valence-corrected chi connectivity index (χ4v) is 9.73. The first-order chi connectivity index (χ1) is 31.7. The highest BCUT2D eigenvalue weighted by Crippen LogP contribution is 2.43. The van der Waals surface area contributed by atoms with Gasteiger partial charge in [-0.15, -0.1) is 0 Å². The molecule has 0 bridgehead atoms. The molecule has 0 saturated heterocycles. The molecule has 0 saturated carbocycles. The molecule has 13 aromatic rings. The Hall–Kier alpha value is -8.60. The Labute approximate surface area is 368 Å². The second kappa shape index (κ2) is 14.5. The summed E-state index contributed by atoms with van der Waals surface area (Å²) in [6, 6.07) is 79.3. The molecule has 4 heteroatoms. The lowest BCUT2D eigenvalue weighted by Gasteiger charge is -2.26. The highest BCUT2D eigenvalue weighted by molar-refractivity contribution is 6.13. The fraction of sp³-hybridized carbons (Fsp3) is 0. The van der Waals surface area contributed by atoms with Gasteiger partial charge in [0.05, 0.1) is 0 Å². The quantitative estimate of drug-likeness (QED) is 0.161. The van der Waals surface area contributed by atoms with Crippen LogP contribution in [0.5, 0.6) is 0 Å². The monoisotopic (exact) mass is 819 g/mol. The van der Waals surface area contributed by atoms with E-state index in [1.165, 1.54) is 0 Å². The van der Waals surface area contributed by atoms with Gasteiger partial charge in [0, 0.05) is 49.4 Å². The molecule has 3 heterocycles. The summed E-state index contributed by atoms with van der Waals surface area (Å²) in [5, 5.41) is 6.76. The third kappa shape index (κ3) is 5.84. The number of anilines is 3. The SMILES string of the molecule is c1ccc(-c2ccc3c(c2)oc2ccccc23)c(-c2ccc(N(c3ccc(-c4cccc5oc6ccccc6c45)cc3)c3ccc(-c4cccc5oc6ccccc6c45)cc3)cc2)c1. The fourth-order valence-electron chi connectivity index (χ4n) is 9.73. The maximum absolute atomic E-state index is 6.30. The van der Waals surface area contributed by atoms with Crippen molar-refractivity contribution in [2.45, 2.75) is 0 Å². The molecule has 0 spiro atoms. The lowest BCUT2D eigenvalue weighted by Crippen LogP contribution is -2.09. The molecule has 0 atom stereocenters. The van der Waals surface area contributed by atoms with E-state index >= 15 is 0 Å². The lowest BCUT2D eigenvalue weighted by atomic mass is 9.94. The summed E-state index contributed by atoms with van der Waals surface area (Å²) in [5.41, 5.74) is 17.6. The van der Waals surface area contributed by atoms with Crippen molar-refractivity contribution in [3.63, 3.8) is 0 Å². The number of hydrogen-bond acceptors (Lipinski definition) is 4. The molecule has 300 valence electrons. The number of nitrogens with zero attached hydrogens (tertiary/aromatic N) is 1. The van der Waals surface area contributed by atoms with Crippen molar-refractivity contribution >= 4 is 82.9 Å². The number of para-hydroxylation sites is 3. The first kappa shape index (κ1) is 36.1. The Morgan fingerprint density at radius 3 is 1.09 bits per heavy atom. The van der Waals surface area contributed by atoms with Crippen LogP contribution in [-0.2, 0) is 0 Å². The van der Waals surface area contributed by atoms with Crippen LogP contribution in [0.4, 0.5) is 17.1 Å². The molecule has 0 N–H and O–H groups in total. The van der Waals surface area contributed by atoms with E-state index in [1.54, 1.807) is 0 Å². The molecule has 0 amide bonds. The van der Waals surface area contributed by atoms with E-state index in [-0.39, 0.29) is 0 Å². The van der Waals surface area contributed by atoms with Crippen molar-refractivity contribution in [3.05, 3.63) is 224 Å². The van der Waals surface area contributed by atoms with Crippen molar-refractivity contribution in [1.29, 1.82) is 0 Å². The molecular formula is C60H37NO3. The van der Waals surface area contributed by atoms with Gasteiger partial charge >= 0.3 is 0 Å². The van der Waals surface area contributed by atoms with Gasteiger partial charge < -0.3 is 18.2 Å². The zero-order chi connectivity index (χ0) is 42.1. The first-order valence-electron chi connectivity index (χ1n) is 21.6. The smallest absolute Gasteiger partial charge is 0.136 e. The van der Waals surface area contributed by atoms with E-state index in [0.717, 1.165) is 127 Å². The second-order valence-corrected chi connectivity index (χ2v) is 16.4. The largest absolute Gasteiger partial charge is 0.456 e. The van der Waals surface area contributed by atoms with Crippen LogP contribution in [0, 0.1) is 0 Å². The van der Waals surface area contributed by atoms with E-state index in [9.17, 15) is 0 Å². The molecule has 0 aliphatic rings. The minimum absolute atomic E-state index is 0.889. The summed E-state index contributed by atoms with van der Waals surface area (Å²) in [7, 11) is 0. The minimum atomic E-state index is 0.889. The molecule has 0 fully saturated rings. The standard InChI is InChI=1S/C60H37NO3/c1-2-12-46(41-29-36-50-49-13-3-6-18-53(49)64-58(50)37-41)45(11-1)38-23-30-42(31-24-38)61(43-32-25-39(26-33-43)47-16-9-21-56-59(47)51-14-4-7-19-54(51)62-56)44-34-27-40(28-35-44)48-17-10-22-57-60(48)52-15-5-8-20-55(52)63-57/h1-37H. The van der Waals surface area contributed by atoms with Crippen molar-refractivity contribution < 1.29 is 13.3 Å². The van der Waals surface area contributed by atoms with Gasteiger partial charge in [0.15, 0.2) is 0 Å². The molecular weight excluding hydrogens is 783 g/mol. The summed E-state index contributed by atoms with van der Waals surface area (Å²) in [4.78, 5) is 2.33. The average Bonchev–Trinajstić information content (AvgIpc) is 4.06. The summed E-state index contributed by atoms with van der Waals surface area (Å²) in [6.45, 7) is 0. The van der Waals surface area contributed by atoms with Gasteiger partial charge in [-0.05, 0) is 123 Å². The Bertz CT molecular complexity index is 3730. The van der Waals surface area contributed by atoms with Crippen LogP contribution in [0.3, 0.4) is 0 Å². The minimum Gasteiger partial charge on any atom is -0.456 e. The number of fused-ring (bicyclic) bond motifs is 9. The molecule has 10 aromatic carbocycles. The van der Waals surface area contributed by atoms with Gasteiger partial charge in [-0.25, -0.2) is 0 Å². The second-order valence-electron chi connectivity index (χ2n) is 16.4. The van der Waals surface area contributed by atoms with Gasteiger partial charge in [0.1, 0.15) is 33.5 Å². The highest BCUT2D eigenvalue weighted by Gasteiger charge is 2.18. The topological polar surface area (TPSA) is 42.7 Å². The van der Waals surface area contributed by atoms with Crippen LogP contribution in [0.15, 0.2) is 238 Å². The first-order valence-corrected chi connectivity index (χ1v) is 21.6. The Morgan fingerprint density at radius 2 is 0.578 bits per heavy atom. The van der Waals surface area contributed by atoms with Crippen LogP contribution >= 0.6 is 0 Å². The number of hydrogen-bond donors (Lipinski definition) is 0. The van der Waals surface area contributed by atoms with E-state index in [1.807, 2.05) is 36.4 Å². The highest BCUT2D eigenvalue weighted by atomic mass is 16.3. The lowest BCUT2D eigenvalue weighted by molar-refractivity contribution is 0.668. The predicted molar refractivity (Wildman–Crippen MR) is 265 cm³/mol. The molecule has 64 heavy (non-hydrogen) atoms. The zero-order valence-electron chi connectivity index (χ0n) is 34.5. The third-order valence-electron chi connectivity index (χ3n) is 12.7. The van der Waals surface area contributed by atoms with Crippen LogP contribution in [0.2, 0.25) is 0 Å². The maximum atomic E-state index is 6.30. The Kier molecular flexibility index (Phi) is 8.18. The van der Waals surface area contributed by atoms with Gasteiger partial charge in [-0.2, -0.15) is 0 Å². The predicted octanol–water partition coefficient (Wildman–Crippen LogP) is 17.5. The van der Waals surface area contributed by atoms with E-state index in [2.05, 4.69) is 193 Å². The summed E-state index contributed by atoms with van der Waals surface area (Å²) in [5.74, 6) is 0. The Morgan fingerprint density at radius 1 is 0.234 bits per heavy atom. The van der Waals surface area contributed by atoms with E-state index in [0.29, 0.717) is 0 Å². The summed E-state index contributed by atoms with van der Waals surface area (Å²) >= 11 is 0. The zero-order valence-corrected chi connectivity index (χ0v) is 34.5. The molecule has 0 radical (unpaired) electrons. The van der Waals surface area contributed by atoms with E-state index < -0.39 is 0 Å². The van der Waals surface area contributed by atoms with Crippen molar-refractivity contribution in [3.8, 4) is 44.5 Å². The Balaban J connectivity index is 0.902. The molecule has 3 aromatic heterocycles. The maximum Gasteiger partial charge on any atom is 0.136 e. The molecule has 0 aliphatic heterocycles. The average molecular weight is 820 g/mol. The number of rotatable bonds is 7. The van der Waals surface area contributed by atoms with Gasteiger partial charge in [-0.1, -0.05) is 146 Å². The molecule has 0 unspecified atom stereocenters. The summed E-state index contributed by atoms with van der Waals surface area (Å²) < 4.78 is 18.8. The van der Waals surface area contributed by atoms with E-state index in [4.69, 9.17) is 13.3 Å². The van der Waals surface area contributed by atoms with Crippen LogP contribution in [0.25, 0.3) is 110 Å². The van der Waals surface area contributed by atoms with Crippen molar-refractivity contribution in [2.75, 3.05) is 4.90 Å². The summed E-state index contributed by atoms with van der Waals surface area (Å²) in [6.07, 6.45) is 0. The van der Waals surface area contributed by atoms with Gasteiger partial charge in [0.25, 0.3) is 0 Å². The molecule has 0 aliphatic carbocycles. The molecule has 13 rings (SSSR count). The van der Waals surface area contributed by atoms with Crippen LogP contribution in [-0.4, -0.2) is 0 Å². The van der Waals surface area contributed by atoms with Crippen LogP contribution < -0.4 is 4.90 Å². The van der Waals surface area contributed by atoms with Crippen molar-refractivity contribution in [1.82, 2.24) is 0 Å². The van der Waals surface area contributed by atoms with Crippen LogP contribution in [0.1, 0.15) is 0 Å². The normalized spacial score (nSPS) is 11.8. The molecule has 4 nitrogen and oxygen atoms in total. The van der Waals surface area contributed by atoms with Gasteiger partial charge in [-0.3, -0.25) is 0 Å².